The summed E-state index contributed by atoms with van der Waals surface area (Å²) < 4.78 is 23.7. The van der Waals surface area contributed by atoms with Crippen LogP contribution in [0.2, 0.25) is 0 Å². The molecule has 24 heavy (non-hydrogen) atoms. The van der Waals surface area contributed by atoms with Crippen molar-refractivity contribution in [2.45, 2.75) is 0 Å². The number of amides is 1. The highest BCUT2D eigenvalue weighted by Gasteiger charge is 2.24. The SMILES string of the molecule is CN(CC(=O)N1CCN(c2ccc([N+](=O)[O-])cc2)CC1)S(C)(=O)=O. The van der Waals surface area contributed by atoms with Crippen LogP contribution in [0.4, 0.5) is 11.4 Å². The molecule has 9 nitrogen and oxygen atoms in total. The average Bonchev–Trinajstić information content (AvgIpc) is 2.54. The molecule has 1 saturated heterocycles. The summed E-state index contributed by atoms with van der Waals surface area (Å²) in [6.07, 6.45) is 1.06. The summed E-state index contributed by atoms with van der Waals surface area (Å²) in [6.45, 7) is 1.97. The summed E-state index contributed by atoms with van der Waals surface area (Å²) in [5, 5.41) is 10.7. The number of nitrogens with zero attached hydrogens (tertiary/aromatic N) is 4. The number of benzene rings is 1. The molecule has 10 heteroatoms. The molecule has 1 aromatic carbocycles. The highest BCUT2D eigenvalue weighted by molar-refractivity contribution is 7.88. The van der Waals surface area contributed by atoms with Crippen LogP contribution in [0.3, 0.4) is 0 Å². The van der Waals surface area contributed by atoms with E-state index in [1.54, 1.807) is 17.0 Å². The van der Waals surface area contributed by atoms with E-state index in [4.69, 9.17) is 0 Å². The zero-order valence-corrected chi connectivity index (χ0v) is 14.4. The Morgan fingerprint density at radius 1 is 1.21 bits per heavy atom. The van der Waals surface area contributed by atoms with E-state index in [1.807, 2.05) is 4.90 Å². The van der Waals surface area contributed by atoms with Crippen molar-refractivity contribution in [1.29, 1.82) is 0 Å². The van der Waals surface area contributed by atoms with Crippen molar-refractivity contribution in [3.05, 3.63) is 34.4 Å². The Bertz CT molecular complexity index is 711. The average molecular weight is 356 g/mol. The van der Waals surface area contributed by atoms with Crippen molar-refractivity contribution >= 4 is 27.3 Å². The quantitative estimate of drug-likeness (QED) is 0.549. The summed E-state index contributed by atoms with van der Waals surface area (Å²) in [5.74, 6) is -0.230. The lowest BCUT2D eigenvalue weighted by Gasteiger charge is -2.36. The molecule has 0 aliphatic carbocycles. The summed E-state index contributed by atoms with van der Waals surface area (Å²) >= 11 is 0. The minimum atomic E-state index is -3.38. The number of sulfonamides is 1. The van der Waals surface area contributed by atoms with Crippen molar-refractivity contribution in [2.75, 3.05) is 50.9 Å². The second-order valence-electron chi connectivity index (χ2n) is 5.66. The predicted octanol–water partition coefficient (Wildman–Crippen LogP) is 0.135. The predicted molar refractivity (Wildman–Crippen MR) is 89.4 cm³/mol. The van der Waals surface area contributed by atoms with Crippen LogP contribution in [-0.2, 0) is 14.8 Å². The summed E-state index contributed by atoms with van der Waals surface area (Å²) in [7, 11) is -2.01. The number of hydrogen-bond donors (Lipinski definition) is 0. The zero-order chi connectivity index (χ0) is 17.9. The van der Waals surface area contributed by atoms with Gasteiger partial charge in [0.25, 0.3) is 5.69 Å². The molecule has 0 N–H and O–H groups in total. The molecule has 1 amide bonds. The number of non-ortho nitro benzene ring substituents is 1. The molecule has 132 valence electrons. The number of carbonyl (C=O) groups is 1. The van der Waals surface area contributed by atoms with E-state index in [1.165, 1.54) is 19.2 Å². The number of carbonyl (C=O) groups excluding carboxylic acids is 1. The van der Waals surface area contributed by atoms with E-state index in [-0.39, 0.29) is 18.1 Å². The Kier molecular flexibility index (Phi) is 5.40. The third kappa shape index (κ3) is 4.42. The lowest BCUT2D eigenvalue weighted by molar-refractivity contribution is -0.384. The molecule has 0 spiro atoms. The van der Waals surface area contributed by atoms with Gasteiger partial charge in [0.1, 0.15) is 0 Å². The molecule has 2 rings (SSSR count). The second-order valence-corrected chi connectivity index (χ2v) is 7.75. The van der Waals surface area contributed by atoms with Crippen LogP contribution < -0.4 is 4.90 Å². The lowest BCUT2D eigenvalue weighted by atomic mass is 10.2. The number of likely N-dealkylation sites (N-methyl/N-ethyl adjacent to an activating group) is 1. The molecular formula is C14H20N4O5S. The van der Waals surface area contributed by atoms with E-state index in [2.05, 4.69) is 0 Å². The molecule has 0 atom stereocenters. The van der Waals surface area contributed by atoms with Gasteiger partial charge in [0.2, 0.25) is 15.9 Å². The molecule has 1 fully saturated rings. The maximum Gasteiger partial charge on any atom is 0.269 e. The molecule has 0 saturated carbocycles. The number of rotatable bonds is 5. The van der Waals surface area contributed by atoms with Crippen molar-refractivity contribution in [3.63, 3.8) is 0 Å². The normalized spacial score (nSPS) is 15.6. The van der Waals surface area contributed by atoms with Gasteiger partial charge in [0.15, 0.2) is 0 Å². The second kappa shape index (κ2) is 7.14. The van der Waals surface area contributed by atoms with Gasteiger partial charge in [-0.25, -0.2) is 8.42 Å². The van der Waals surface area contributed by atoms with Crippen molar-refractivity contribution < 1.29 is 18.1 Å². The van der Waals surface area contributed by atoms with Crippen LogP contribution >= 0.6 is 0 Å². The minimum Gasteiger partial charge on any atom is -0.368 e. The molecule has 0 bridgehead atoms. The van der Waals surface area contributed by atoms with E-state index in [0.29, 0.717) is 26.2 Å². The van der Waals surface area contributed by atoms with Crippen molar-refractivity contribution in [3.8, 4) is 0 Å². The van der Waals surface area contributed by atoms with Crippen LogP contribution in [0.5, 0.6) is 0 Å². The smallest absolute Gasteiger partial charge is 0.269 e. The van der Waals surface area contributed by atoms with Gasteiger partial charge >= 0.3 is 0 Å². The van der Waals surface area contributed by atoms with Gasteiger partial charge < -0.3 is 9.80 Å². The van der Waals surface area contributed by atoms with Crippen LogP contribution in [0, 0.1) is 10.1 Å². The number of nitro benzene ring substituents is 1. The highest BCUT2D eigenvalue weighted by Crippen LogP contribution is 2.20. The number of anilines is 1. The number of piperazine rings is 1. The lowest BCUT2D eigenvalue weighted by Crippen LogP contribution is -2.51. The Morgan fingerprint density at radius 2 is 1.75 bits per heavy atom. The Hall–Kier alpha value is -2.20. The Labute approximate surface area is 140 Å². The van der Waals surface area contributed by atoms with Gasteiger partial charge in [-0.2, -0.15) is 4.31 Å². The van der Waals surface area contributed by atoms with Gasteiger partial charge in [-0.3, -0.25) is 14.9 Å². The van der Waals surface area contributed by atoms with Crippen LogP contribution in [0.1, 0.15) is 0 Å². The fraction of sp³-hybridized carbons (Fsp3) is 0.500. The summed E-state index contributed by atoms with van der Waals surface area (Å²) in [5.41, 5.74) is 0.900. The highest BCUT2D eigenvalue weighted by atomic mass is 32.2. The Balaban J connectivity index is 1.91. The maximum atomic E-state index is 12.1. The monoisotopic (exact) mass is 356 g/mol. The fourth-order valence-electron chi connectivity index (χ4n) is 2.41. The molecule has 1 aromatic rings. The van der Waals surface area contributed by atoms with E-state index in [9.17, 15) is 23.3 Å². The minimum absolute atomic E-state index is 0.0383. The first kappa shape index (κ1) is 18.1. The van der Waals surface area contributed by atoms with E-state index >= 15 is 0 Å². The molecule has 0 radical (unpaired) electrons. The van der Waals surface area contributed by atoms with Gasteiger partial charge in [0, 0.05) is 51.0 Å². The molecule has 0 unspecified atom stereocenters. The first-order valence-electron chi connectivity index (χ1n) is 7.37. The maximum absolute atomic E-state index is 12.1. The summed E-state index contributed by atoms with van der Waals surface area (Å²) in [6, 6.07) is 6.28. The van der Waals surface area contributed by atoms with E-state index in [0.717, 1.165) is 16.2 Å². The third-order valence-corrected chi connectivity index (χ3v) is 5.24. The van der Waals surface area contributed by atoms with Crippen LogP contribution in [-0.4, -0.2) is 74.5 Å². The molecule has 1 heterocycles. The van der Waals surface area contributed by atoms with Crippen LogP contribution in [0.15, 0.2) is 24.3 Å². The zero-order valence-electron chi connectivity index (χ0n) is 13.6. The van der Waals surface area contributed by atoms with E-state index < -0.39 is 14.9 Å². The Morgan fingerprint density at radius 3 is 2.21 bits per heavy atom. The number of hydrogen-bond acceptors (Lipinski definition) is 6. The van der Waals surface area contributed by atoms with Crippen LogP contribution in [0.25, 0.3) is 0 Å². The topological polar surface area (TPSA) is 104 Å². The molecular weight excluding hydrogens is 336 g/mol. The molecule has 1 aliphatic rings. The fourth-order valence-corrected chi connectivity index (χ4v) is 2.75. The standard InChI is InChI=1S/C14H20N4O5S/c1-15(24(2,22)23)11-14(19)17-9-7-16(8-10-17)12-3-5-13(6-4-12)18(20)21/h3-6H,7-11H2,1-2H3. The van der Waals surface area contributed by atoms with Gasteiger partial charge in [-0.1, -0.05) is 0 Å². The molecule has 1 aliphatic heterocycles. The largest absolute Gasteiger partial charge is 0.368 e. The summed E-state index contributed by atoms with van der Waals surface area (Å²) in [4.78, 5) is 26.0. The molecule has 0 aromatic heterocycles. The third-order valence-electron chi connectivity index (χ3n) is 3.98. The number of nitro groups is 1. The van der Waals surface area contributed by atoms with Crippen molar-refractivity contribution in [2.24, 2.45) is 0 Å². The first-order chi connectivity index (χ1) is 11.2. The first-order valence-corrected chi connectivity index (χ1v) is 9.22. The van der Waals surface area contributed by atoms with Gasteiger partial charge in [-0.15, -0.1) is 0 Å². The van der Waals surface area contributed by atoms with Gasteiger partial charge in [-0.05, 0) is 12.1 Å². The van der Waals surface area contributed by atoms with Crippen molar-refractivity contribution in [1.82, 2.24) is 9.21 Å². The van der Waals surface area contributed by atoms with Gasteiger partial charge in [0.05, 0.1) is 17.7 Å².